The summed E-state index contributed by atoms with van der Waals surface area (Å²) in [6.07, 6.45) is 1.89. The molecule has 0 radical (unpaired) electrons. The van der Waals surface area contributed by atoms with Crippen LogP contribution in [0.15, 0.2) is 94.8 Å². The van der Waals surface area contributed by atoms with E-state index in [0.717, 1.165) is 16.8 Å². The third-order valence-corrected chi connectivity index (χ3v) is 4.86. The van der Waals surface area contributed by atoms with Crippen molar-refractivity contribution in [3.05, 3.63) is 95.4 Å². The van der Waals surface area contributed by atoms with Crippen LogP contribution in [0.1, 0.15) is 5.56 Å². The number of hydrogen-bond donors (Lipinski definition) is 1. The summed E-state index contributed by atoms with van der Waals surface area (Å²) < 4.78 is 0. The predicted octanol–water partition coefficient (Wildman–Crippen LogP) is 5.25. The molecule has 0 unspecified atom stereocenters. The molecule has 0 spiro atoms. The third-order valence-electron chi connectivity index (χ3n) is 3.95. The van der Waals surface area contributed by atoms with Gasteiger partial charge in [-0.2, -0.15) is 0 Å². The number of rotatable bonds is 3. The van der Waals surface area contributed by atoms with Crippen LogP contribution in [-0.2, 0) is 4.79 Å². The topological polar surface area (TPSA) is 41.5 Å². The van der Waals surface area contributed by atoms with Gasteiger partial charge in [0, 0.05) is 0 Å². The number of carbonyl (C=O) groups excluding carboxylic acids is 1. The average molecular weight is 356 g/mol. The summed E-state index contributed by atoms with van der Waals surface area (Å²) in [4.78, 5) is 17.3. The SMILES string of the molecule is O=C1NC(=Nc2ccccc2)S/C1=C/c1ccc(-c2ccccc2)cc1. The molecule has 1 aliphatic heterocycles. The maximum atomic E-state index is 12.2. The number of amidine groups is 1. The lowest BCUT2D eigenvalue weighted by atomic mass is 10.0. The second kappa shape index (κ2) is 7.42. The van der Waals surface area contributed by atoms with Crippen LogP contribution in [0.5, 0.6) is 0 Å². The van der Waals surface area contributed by atoms with E-state index < -0.39 is 0 Å². The average Bonchev–Trinajstić information content (AvgIpc) is 3.03. The molecule has 1 N–H and O–H groups in total. The number of benzene rings is 3. The Morgan fingerprint density at radius 1 is 0.769 bits per heavy atom. The van der Waals surface area contributed by atoms with E-state index in [1.807, 2.05) is 66.7 Å². The Bertz CT molecular complexity index is 978. The van der Waals surface area contributed by atoms with Gasteiger partial charge in [0.25, 0.3) is 5.91 Å². The van der Waals surface area contributed by atoms with Crippen molar-refractivity contribution >= 4 is 34.6 Å². The molecule has 1 fully saturated rings. The van der Waals surface area contributed by atoms with Crippen molar-refractivity contribution in [1.82, 2.24) is 5.32 Å². The summed E-state index contributed by atoms with van der Waals surface area (Å²) in [6.45, 7) is 0. The minimum absolute atomic E-state index is 0.114. The van der Waals surface area contributed by atoms with E-state index >= 15 is 0 Å². The van der Waals surface area contributed by atoms with E-state index in [4.69, 9.17) is 0 Å². The lowest BCUT2D eigenvalue weighted by Crippen LogP contribution is -2.19. The lowest BCUT2D eigenvalue weighted by molar-refractivity contribution is -0.115. The zero-order valence-corrected chi connectivity index (χ0v) is 14.7. The fraction of sp³-hybridized carbons (Fsp3) is 0. The first kappa shape index (κ1) is 16.4. The molecule has 0 bridgehead atoms. The first-order chi connectivity index (χ1) is 12.8. The maximum Gasteiger partial charge on any atom is 0.264 e. The highest BCUT2D eigenvalue weighted by molar-refractivity contribution is 8.18. The Morgan fingerprint density at radius 2 is 1.38 bits per heavy atom. The fourth-order valence-corrected chi connectivity index (χ4v) is 3.50. The smallest absolute Gasteiger partial charge is 0.264 e. The molecule has 0 saturated carbocycles. The molecule has 3 aromatic carbocycles. The van der Waals surface area contributed by atoms with Crippen molar-refractivity contribution in [3.63, 3.8) is 0 Å². The molecule has 1 amide bonds. The zero-order chi connectivity index (χ0) is 17.8. The monoisotopic (exact) mass is 356 g/mol. The van der Waals surface area contributed by atoms with E-state index in [1.165, 1.54) is 17.3 Å². The Kier molecular flexibility index (Phi) is 4.67. The minimum atomic E-state index is -0.114. The van der Waals surface area contributed by atoms with Crippen LogP contribution in [-0.4, -0.2) is 11.1 Å². The Balaban J connectivity index is 1.53. The van der Waals surface area contributed by atoms with Crippen molar-refractivity contribution in [2.75, 3.05) is 0 Å². The molecule has 0 atom stereocenters. The van der Waals surface area contributed by atoms with Gasteiger partial charge in [0.2, 0.25) is 0 Å². The van der Waals surface area contributed by atoms with Crippen LogP contribution in [0.3, 0.4) is 0 Å². The number of aliphatic imine (C=N–C) groups is 1. The van der Waals surface area contributed by atoms with Gasteiger partial charge in [-0.05, 0) is 46.7 Å². The zero-order valence-electron chi connectivity index (χ0n) is 13.9. The van der Waals surface area contributed by atoms with Crippen molar-refractivity contribution < 1.29 is 4.79 Å². The molecule has 1 heterocycles. The van der Waals surface area contributed by atoms with Crippen molar-refractivity contribution in [2.45, 2.75) is 0 Å². The second-order valence-corrected chi connectivity index (χ2v) is 6.84. The van der Waals surface area contributed by atoms with E-state index in [-0.39, 0.29) is 5.91 Å². The summed E-state index contributed by atoms with van der Waals surface area (Å²) >= 11 is 1.36. The van der Waals surface area contributed by atoms with Gasteiger partial charge in [0.15, 0.2) is 5.17 Å². The van der Waals surface area contributed by atoms with Crippen LogP contribution in [0, 0.1) is 0 Å². The number of thioether (sulfide) groups is 1. The van der Waals surface area contributed by atoms with Gasteiger partial charge in [-0.3, -0.25) is 4.79 Å². The molecule has 0 aliphatic carbocycles. The maximum absolute atomic E-state index is 12.2. The quantitative estimate of drug-likeness (QED) is 0.652. The highest BCUT2D eigenvalue weighted by Gasteiger charge is 2.23. The molecular weight excluding hydrogens is 340 g/mol. The Labute approximate surface area is 156 Å². The van der Waals surface area contributed by atoms with E-state index in [2.05, 4.69) is 34.6 Å². The molecule has 3 aromatic rings. The Hall–Kier alpha value is -3.11. The van der Waals surface area contributed by atoms with Gasteiger partial charge >= 0.3 is 0 Å². The van der Waals surface area contributed by atoms with Crippen LogP contribution < -0.4 is 5.32 Å². The van der Waals surface area contributed by atoms with Crippen LogP contribution >= 0.6 is 11.8 Å². The fourth-order valence-electron chi connectivity index (χ4n) is 2.65. The van der Waals surface area contributed by atoms with E-state index in [0.29, 0.717) is 10.1 Å². The first-order valence-corrected chi connectivity index (χ1v) is 9.10. The molecule has 1 saturated heterocycles. The molecule has 1 aliphatic rings. The van der Waals surface area contributed by atoms with Crippen molar-refractivity contribution in [2.24, 2.45) is 4.99 Å². The highest BCUT2D eigenvalue weighted by Crippen LogP contribution is 2.28. The first-order valence-electron chi connectivity index (χ1n) is 8.28. The molecule has 0 aromatic heterocycles. The summed E-state index contributed by atoms with van der Waals surface area (Å²) in [5, 5.41) is 3.42. The van der Waals surface area contributed by atoms with Gasteiger partial charge in [-0.25, -0.2) is 4.99 Å². The van der Waals surface area contributed by atoms with E-state index in [9.17, 15) is 4.79 Å². The second-order valence-electron chi connectivity index (χ2n) is 5.81. The molecule has 4 rings (SSSR count). The standard InChI is InChI=1S/C22H16N2OS/c25-21-20(26-22(24-21)23-19-9-5-2-6-10-19)15-16-11-13-18(14-12-16)17-7-3-1-4-8-17/h1-15H,(H,23,24,25)/b20-15+. The third kappa shape index (κ3) is 3.76. The molecule has 126 valence electrons. The molecular formula is C22H16N2OS. The summed E-state index contributed by atoms with van der Waals surface area (Å²) in [5.41, 5.74) is 4.15. The highest BCUT2D eigenvalue weighted by atomic mass is 32.2. The number of para-hydroxylation sites is 1. The van der Waals surface area contributed by atoms with Crippen molar-refractivity contribution in [3.8, 4) is 11.1 Å². The Morgan fingerprint density at radius 3 is 2.08 bits per heavy atom. The van der Waals surface area contributed by atoms with Gasteiger partial charge in [0.1, 0.15) is 0 Å². The number of nitrogens with one attached hydrogen (secondary N) is 1. The normalized spacial score (nSPS) is 16.8. The van der Waals surface area contributed by atoms with Gasteiger partial charge in [-0.1, -0.05) is 72.8 Å². The predicted molar refractivity (Wildman–Crippen MR) is 109 cm³/mol. The number of amides is 1. The number of nitrogens with zero attached hydrogens (tertiary/aromatic N) is 1. The number of hydrogen-bond acceptors (Lipinski definition) is 3. The van der Waals surface area contributed by atoms with Crippen LogP contribution in [0.25, 0.3) is 17.2 Å². The van der Waals surface area contributed by atoms with E-state index in [1.54, 1.807) is 0 Å². The summed E-state index contributed by atoms with van der Waals surface area (Å²) in [6, 6.07) is 28.0. The molecule has 4 heteroatoms. The molecule has 26 heavy (non-hydrogen) atoms. The van der Waals surface area contributed by atoms with Gasteiger partial charge in [0.05, 0.1) is 10.6 Å². The van der Waals surface area contributed by atoms with Gasteiger partial charge < -0.3 is 5.32 Å². The number of carbonyl (C=O) groups is 1. The van der Waals surface area contributed by atoms with Crippen LogP contribution in [0.4, 0.5) is 5.69 Å². The van der Waals surface area contributed by atoms with Crippen molar-refractivity contribution in [1.29, 1.82) is 0 Å². The summed E-state index contributed by atoms with van der Waals surface area (Å²) in [5.74, 6) is -0.114. The lowest BCUT2D eigenvalue weighted by Gasteiger charge is -2.02. The molecule has 3 nitrogen and oxygen atoms in total. The van der Waals surface area contributed by atoms with Crippen LogP contribution in [0.2, 0.25) is 0 Å². The summed E-state index contributed by atoms with van der Waals surface area (Å²) in [7, 11) is 0. The minimum Gasteiger partial charge on any atom is -0.300 e. The largest absolute Gasteiger partial charge is 0.300 e. The van der Waals surface area contributed by atoms with Gasteiger partial charge in [-0.15, -0.1) is 0 Å².